The summed E-state index contributed by atoms with van der Waals surface area (Å²) in [7, 11) is -3.52. The molecule has 0 aromatic carbocycles. The van der Waals surface area contributed by atoms with Crippen molar-refractivity contribution in [2.24, 2.45) is 5.73 Å². The highest BCUT2D eigenvalue weighted by molar-refractivity contribution is 7.92. The van der Waals surface area contributed by atoms with Crippen LogP contribution in [0.5, 0.6) is 0 Å². The van der Waals surface area contributed by atoms with Gasteiger partial charge in [-0.15, -0.1) is 0 Å². The number of sulfonamides is 1. The summed E-state index contributed by atoms with van der Waals surface area (Å²) in [4.78, 5) is 0.283. The summed E-state index contributed by atoms with van der Waals surface area (Å²) >= 11 is 1.45. The van der Waals surface area contributed by atoms with Gasteiger partial charge in [0.2, 0.25) is 0 Å². The second kappa shape index (κ2) is 4.66. The summed E-state index contributed by atoms with van der Waals surface area (Å²) in [6.45, 7) is 0.352. The first kappa shape index (κ1) is 12.7. The minimum Gasteiger partial charge on any atom is -0.346 e. The second-order valence-corrected chi connectivity index (χ2v) is 7.09. The maximum atomic E-state index is 12.3. The Bertz CT molecular complexity index is 670. The van der Waals surface area contributed by atoms with Crippen LogP contribution in [-0.2, 0) is 16.6 Å². The van der Waals surface area contributed by atoms with E-state index in [4.69, 9.17) is 5.73 Å². The van der Waals surface area contributed by atoms with Crippen molar-refractivity contribution in [1.82, 2.24) is 4.57 Å². The Hall–Kier alpha value is -1.31. The maximum absolute atomic E-state index is 12.3. The van der Waals surface area contributed by atoms with Crippen LogP contribution >= 0.6 is 11.3 Å². The zero-order valence-electron chi connectivity index (χ0n) is 10.2. The van der Waals surface area contributed by atoms with Crippen molar-refractivity contribution in [3.8, 4) is 0 Å². The third-order valence-electron chi connectivity index (χ3n) is 3.14. The number of rotatable bonds is 5. The molecule has 1 aliphatic carbocycles. The van der Waals surface area contributed by atoms with Crippen LogP contribution < -0.4 is 10.5 Å². The molecular weight excluding hydrogens is 282 g/mol. The Kier molecular flexibility index (Phi) is 3.12. The molecule has 0 radical (unpaired) electrons. The van der Waals surface area contributed by atoms with Crippen LogP contribution in [0.2, 0.25) is 0 Å². The van der Waals surface area contributed by atoms with Crippen molar-refractivity contribution < 1.29 is 8.42 Å². The Labute approximate surface area is 116 Å². The summed E-state index contributed by atoms with van der Waals surface area (Å²) in [6, 6.07) is 3.82. The SMILES string of the molecule is NCc1cc(S(=O)(=O)Nc2ccsc2)cn1C1CC1. The molecule has 3 N–H and O–H groups in total. The van der Waals surface area contributed by atoms with Crippen LogP contribution in [0.25, 0.3) is 0 Å². The van der Waals surface area contributed by atoms with Crippen LogP contribution in [0, 0.1) is 0 Å². The van der Waals surface area contributed by atoms with Gasteiger partial charge >= 0.3 is 0 Å². The topological polar surface area (TPSA) is 77.1 Å². The summed E-state index contributed by atoms with van der Waals surface area (Å²) in [5.74, 6) is 0. The fourth-order valence-corrected chi connectivity index (χ4v) is 3.80. The average molecular weight is 297 g/mol. The Morgan fingerprint density at radius 1 is 1.47 bits per heavy atom. The predicted molar refractivity (Wildman–Crippen MR) is 75.7 cm³/mol. The lowest BCUT2D eigenvalue weighted by atomic mass is 10.4. The molecule has 2 aromatic heterocycles. The van der Waals surface area contributed by atoms with Gasteiger partial charge in [0.05, 0.1) is 5.69 Å². The molecule has 1 aliphatic rings. The number of nitrogens with two attached hydrogens (primary N) is 1. The molecule has 3 rings (SSSR count). The van der Waals surface area contributed by atoms with E-state index in [1.54, 1.807) is 23.7 Å². The van der Waals surface area contributed by atoms with Crippen LogP contribution in [-0.4, -0.2) is 13.0 Å². The minimum absolute atomic E-state index is 0.283. The van der Waals surface area contributed by atoms with Crippen molar-refractivity contribution in [3.05, 3.63) is 34.8 Å². The van der Waals surface area contributed by atoms with Gasteiger partial charge in [0, 0.05) is 29.9 Å². The summed E-state index contributed by atoms with van der Waals surface area (Å²) in [5.41, 5.74) is 7.14. The molecule has 0 spiro atoms. The lowest BCUT2D eigenvalue weighted by Crippen LogP contribution is -2.11. The van der Waals surface area contributed by atoms with E-state index < -0.39 is 10.0 Å². The van der Waals surface area contributed by atoms with Crippen molar-refractivity contribution >= 4 is 27.0 Å². The Morgan fingerprint density at radius 3 is 2.84 bits per heavy atom. The van der Waals surface area contributed by atoms with Crippen molar-refractivity contribution in [2.75, 3.05) is 4.72 Å². The largest absolute Gasteiger partial charge is 0.346 e. The molecule has 7 heteroatoms. The highest BCUT2D eigenvalue weighted by Crippen LogP contribution is 2.37. The highest BCUT2D eigenvalue weighted by atomic mass is 32.2. The van der Waals surface area contributed by atoms with Gasteiger partial charge in [0.15, 0.2) is 0 Å². The van der Waals surface area contributed by atoms with Crippen molar-refractivity contribution in [1.29, 1.82) is 0 Å². The molecule has 5 nitrogen and oxygen atoms in total. The smallest absolute Gasteiger partial charge is 0.263 e. The highest BCUT2D eigenvalue weighted by Gasteiger charge is 2.27. The number of nitrogens with one attached hydrogen (secondary N) is 1. The lowest BCUT2D eigenvalue weighted by molar-refractivity contribution is 0.600. The molecule has 102 valence electrons. The molecule has 2 heterocycles. The van der Waals surface area contributed by atoms with E-state index in [0.717, 1.165) is 18.5 Å². The van der Waals surface area contributed by atoms with E-state index >= 15 is 0 Å². The Morgan fingerprint density at radius 2 is 2.26 bits per heavy atom. The number of hydrogen-bond donors (Lipinski definition) is 2. The number of hydrogen-bond acceptors (Lipinski definition) is 4. The molecule has 0 aliphatic heterocycles. The summed E-state index contributed by atoms with van der Waals surface area (Å²) in [6.07, 6.45) is 3.88. The van der Waals surface area contributed by atoms with E-state index in [9.17, 15) is 8.42 Å². The quantitative estimate of drug-likeness (QED) is 0.887. The van der Waals surface area contributed by atoms with E-state index in [2.05, 4.69) is 4.72 Å². The molecule has 0 amide bonds. The number of thiophene rings is 1. The summed E-state index contributed by atoms with van der Waals surface area (Å²) in [5, 5.41) is 3.60. The van der Waals surface area contributed by atoms with Crippen LogP contribution in [0.15, 0.2) is 34.0 Å². The third kappa shape index (κ3) is 2.54. The first-order chi connectivity index (χ1) is 9.10. The van der Waals surface area contributed by atoms with Crippen molar-refractivity contribution in [2.45, 2.75) is 30.3 Å². The average Bonchev–Trinajstić information content (AvgIpc) is 2.91. The van der Waals surface area contributed by atoms with Gasteiger partial charge in [-0.05, 0) is 30.4 Å². The van der Waals surface area contributed by atoms with Crippen LogP contribution in [0.1, 0.15) is 24.6 Å². The first-order valence-corrected chi connectivity index (χ1v) is 8.48. The zero-order chi connectivity index (χ0) is 13.5. The van der Waals surface area contributed by atoms with Gasteiger partial charge < -0.3 is 10.3 Å². The van der Waals surface area contributed by atoms with Gasteiger partial charge in [0.1, 0.15) is 4.90 Å². The molecule has 0 atom stereocenters. The van der Waals surface area contributed by atoms with Gasteiger partial charge in [-0.2, -0.15) is 11.3 Å². The van der Waals surface area contributed by atoms with Gasteiger partial charge in [0.25, 0.3) is 10.0 Å². The molecule has 0 unspecified atom stereocenters. The van der Waals surface area contributed by atoms with Gasteiger partial charge in [-0.1, -0.05) is 0 Å². The van der Waals surface area contributed by atoms with E-state index in [1.807, 2.05) is 9.95 Å². The van der Waals surface area contributed by atoms with Gasteiger partial charge in [-0.25, -0.2) is 8.42 Å². The molecular formula is C12H15N3O2S2. The second-order valence-electron chi connectivity index (χ2n) is 4.63. The van der Waals surface area contributed by atoms with Crippen molar-refractivity contribution in [3.63, 3.8) is 0 Å². The van der Waals surface area contributed by atoms with Crippen LogP contribution in [0.3, 0.4) is 0 Å². The van der Waals surface area contributed by atoms with E-state index in [-0.39, 0.29) is 4.90 Å². The van der Waals surface area contributed by atoms with Crippen LogP contribution in [0.4, 0.5) is 5.69 Å². The fourth-order valence-electron chi connectivity index (χ4n) is 2.04. The fraction of sp³-hybridized carbons (Fsp3) is 0.333. The molecule has 2 aromatic rings. The predicted octanol–water partition coefficient (Wildman–Crippen LogP) is 2.14. The first-order valence-electron chi connectivity index (χ1n) is 6.06. The van der Waals surface area contributed by atoms with E-state index in [0.29, 0.717) is 18.3 Å². The monoisotopic (exact) mass is 297 g/mol. The molecule has 0 bridgehead atoms. The maximum Gasteiger partial charge on any atom is 0.263 e. The standard InChI is InChI=1S/C12H15N3O2S2/c13-6-11-5-12(7-15(11)10-1-2-10)19(16,17)14-9-3-4-18-8-9/h3-5,7-8,10,14H,1-2,6,13H2. The number of nitrogens with zero attached hydrogens (tertiary/aromatic N) is 1. The number of anilines is 1. The normalized spacial score (nSPS) is 15.6. The molecule has 1 saturated carbocycles. The molecule has 0 saturated heterocycles. The third-order valence-corrected chi connectivity index (χ3v) is 5.17. The molecule has 1 fully saturated rings. The lowest BCUT2D eigenvalue weighted by Gasteiger charge is -2.04. The minimum atomic E-state index is -3.52. The molecule has 19 heavy (non-hydrogen) atoms. The Balaban J connectivity index is 1.92. The zero-order valence-corrected chi connectivity index (χ0v) is 11.9. The van der Waals surface area contributed by atoms with Gasteiger partial charge in [-0.3, -0.25) is 4.72 Å². The van der Waals surface area contributed by atoms with E-state index in [1.165, 1.54) is 11.3 Å². The summed E-state index contributed by atoms with van der Waals surface area (Å²) < 4.78 is 29.1. The number of aromatic nitrogens is 1.